The lowest BCUT2D eigenvalue weighted by Crippen LogP contribution is -2.99. The summed E-state index contributed by atoms with van der Waals surface area (Å²) in [5, 5.41) is 8.13. The monoisotopic (exact) mass is 108 g/mol. The molecule has 2 N–H and O–H groups in total. The molecule has 1 unspecified atom stereocenters. The van der Waals surface area contributed by atoms with Crippen LogP contribution in [0.15, 0.2) is 29.4 Å². The summed E-state index contributed by atoms with van der Waals surface area (Å²) in [6.07, 6.45) is 7.59. The number of hydrogen-bond donors (Lipinski definition) is 2. The number of hydrogen-bond acceptors (Lipinski definition) is 2. The largest absolute Gasteiger partial charge is 0.310 e. The van der Waals surface area contributed by atoms with Crippen molar-refractivity contribution < 1.29 is 5.01 Å². The van der Waals surface area contributed by atoms with Gasteiger partial charge in [-0.15, -0.1) is 5.01 Å². The molecule has 2 heterocycles. The summed E-state index contributed by atoms with van der Waals surface area (Å²) >= 11 is 0. The molecule has 0 bridgehead atoms. The van der Waals surface area contributed by atoms with Crippen molar-refractivity contribution in [3.8, 4) is 0 Å². The van der Waals surface area contributed by atoms with E-state index >= 15 is 0 Å². The normalized spacial score (nSPS) is 30.0. The van der Waals surface area contributed by atoms with Crippen molar-refractivity contribution >= 4 is 6.21 Å². The summed E-state index contributed by atoms with van der Waals surface area (Å²) in [6, 6.07) is 0. The van der Waals surface area contributed by atoms with Crippen LogP contribution in [-0.2, 0) is 0 Å². The molecule has 0 saturated heterocycles. The van der Waals surface area contributed by atoms with Gasteiger partial charge >= 0.3 is 0 Å². The third-order valence-corrected chi connectivity index (χ3v) is 1.21. The fourth-order valence-corrected chi connectivity index (χ4v) is 0.812. The van der Waals surface area contributed by atoms with Gasteiger partial charge in [0.05, 0.1) is 12.4 Å². The highest BCUT2D eigenvalue weighted by Crippen LogP contribution is 1.86. The minimum atomic E-state index is 1.05. The Morgan fingerprint density at radius 3 is 3.50 bits per heavy atom. The van der Waals surface area contributed by atoms with E-state index in [2.05, 4.69) is 10.4 Å². The Kier molecular flexibility index (Phi) is 0.577. The lowest BCUT2D eigenvalue weighted by Gasteiger charge is -1.94. The Balaban J connectivity index is 2.39. The van der Waals surface area contributed by atoms with Gasteiger partial charge in [-0.1, -0.05) is 5.10 Å². The Labute approximate surface area is 47.0 Å². The van der Waals surface area contributed by atoms with Gasteiger partial charge in [-0.05, 0) is 0 Å². The van der Waals surface area contributed by atoms with Gasteiger partial charge in [-0.2, -0.15) is 0 Å². The molecule has 2 aliphatic heterocycles. The first-order valence-electron chi connectivity index (χ1n) is 2.51. The summed E-state index contributed by atoms with van der Waals surface area (Å²) in [6.45, 7) is 0. The van der Waals surface area contributed by atoms with E-state index in [1.54, 1.807) is 6.21 Å². The maximum Gasteiger partial charge on any atom is 0.237 e. The summed E-state index contributed by atoms with van der Waals surface area (Å²) in [4.78, 5) is 0. The average Bonchev–Trinajstić information content (AvgIpc) is 2.15. The minimum absolute atomic E-state index is 1.05. The molecule has 0 spiro atoms. The second kappa shape index (κ2) is 1.20. The van der Waals surface area contributed by atoms with Crippen LogP contribution in [0.25, 0.3) is 0 Å². The molecule has 0 fully saturated rings. The molecule has 0 aromatic carbocycles. The summed E-state index contributed by atoms with van der Waals surface area (Å²) in [5.41, 5.74) is 0. The Bertz CT molecular complexity index is 190. The Morgan fingerprint density at radius 2 is 2.62 bits per heavy atom. The molecule has 0 aromatic heterocycles. The zero-order valence-corrected chi connectivity index (χ0v) is 4.26. The third-order valence-electron chi connectivity index (χ3n) is 1.21. The van der Waals surface area contributed by atoms with Gasteiger partial charge in [-0.3, -0.25) is 0 Å². The van der Waals surface area contributed by atoms with Crippen LogP contribution in [-0.4, -0.2) is 6.21 Å². The van der Waals surface area contributed by atoms with E-state index in [0.717, 1.165) is 10.8 Å². The SMILES string of the molecule is C1=C[NH+]2N=CC=C2N1. The van der Waals surface area contributed by atoms with Gasteiger partial charge in [0.15, 0.2) is 0 Å². The number of quaternary nitrogens is 1. The Morgan fingerprint density at radius 1 is 1.62 bits per heavy atom. The van der Waals surface area contributed by atoms with Gasteiger partial charge in [0.2, 0.25) is 5.82 Å². The first kappa shape index (κ1) is 3.86. The quantitative estimate of drug-likeness (QED) is 0.400. The van der Waals surface area contributed by atoms with Crippen molar-refractivity contribution in [3.05, 3.63) is 24.3 Å². The first-order chi connectivity index (χ1) is 3.97. The highest BCUT2D eigenvalue weighted by molar-refractivity contribution is 5.72. The van der Waals surface area contributed by atoms with E-state index in [-0.39, 0.29) is 0 Å². The van der Waals surface area contributed by atoms with Gasteiger partial charge in [0, 0.05) is 6.08 Å². The molecule has 8 heavy (non-hydrogen) atoms. The molecule has 0 aromatic rings. The fraction of sp³-hybridized carbons (Fsp3) is 0. The number of fused-ring (bicyclic) bond motifs is 1. The molecule has 0 amide bonds. The molecular formula is C5H6N3+. The van der Waals surface area contributed by atoms with E-state index in [0.29, 0.717) is 0 Å². The van der Waals surface area contributed by atoms with E-state index in [9.17, 15) is 0 Å². The highest BCUT2D eigenvalue weighted by Gasteiger charge is 2.18. The number of rotatable bonds is 0. The lowest BCUT2D eigenvalue weighted by molar-refractivity contribution is -0.806. The van der Waals surface area contributed by atoms with E-state index in [1.165, 1.54) is 0 Å². The highest BCUT2D eigenvalue weighted by atomic mass is 15.5. The van der Waals surface area contributed by atoms with Crippen LogP contribution in [0.4, 0.5) is 0 Å². The zero-order chi connectivity index (χ0) is 5.40. The summed E-state index contributed by atoms with van der Waals surface area (Å²) in [7, 11) is 0. The topological polar surface area (TPSA) is 28.8 Å². The maximum atomic E-state index is 4.05. The van der Waals surface area contributed by atoms with Crippen LogP contribution in [0, 0.1) is 0 Å². The lowest BCUT2D eigenvalue weighted by atomic mass is 10.6. The van der Waals surface area contributed by atoms with Crippen LogP contribution in [0.5, 0.6) is 0 Å². The number of allylic oxidation sites excluding steroid dienone is 1. The molecule has 2 aliphatic rings. The van der Waals surface area contributed by atoms with E-state index < -0.39 is 0 Å². The Hall–Kier alpha value is -1.09. The van der Waals surface area contributed by atoms with Crippen molar-refractivity contribution in [2.24, 2.45) is 5.10 Å². The summed E-state index contributed by atoms with van der Waals surface area (Å²) < 4.78 is 0. The number of nitrogens with zero attached hydrogens (tertiary/aromatic N) is 1. The molecule has 3 heteroatoms. The van der Waals surface area contributed by atoms with Crippen molar-refractivity contribution in [3.63, 3.8) is 0 Å². The van der Waals surface area contributed by atoms with Crippen LogP contribution in [0.1, 0.15) is 0 Å². The van der Waals surface area contributed by atoms with E-state index in [4.69, 9.17) is 0 Å². The number of nitrogens with one attached hydrogen (secondary N) is 2. The molecule has 40 valence electrons. The summed E-state index contributed by atoms with van der Waals surface area (Å²) in [5.74, 6) is 1.12. The molecule has 1 atom stereocenters. The average molecular weight is 108 g/mol. The van der Waals surface area contributed by atoms with Crippen molar-refractivity contribution in [2.75, 3.05) is 0 Å². The third kappa shape index (κ3) is 0.338. The predicted octanol–water partition coefficient (Wildman–Crippen LogP) is -1.21. The van der Waals surface area contributed by atoms with Crippen LogP contribution < -0.4 is 10.3 Å². The van der Waals surface area contributed by atoms with Gasteiger partial charge in [0.25, 0.3) is 0 Å². The molecular weight excluding hydrogens is 102 g/mol. The van der Waals surface area contributed by atoms with Crippen LogP contribution >= 0.6 is 0 Å². The van der Waals surface area contributed by atoms with Crippen molar-refractivity contribution in [1.29, 1.82) is 0 Å². The molecule has 0 radical (unpaired) electrons. The second-order valence-corrected chi connectivity index (χ2v) is 1.72. The first-order valence-corrected chi connectivity index (χ1v) is 2.51. The van der Waals surface area contributed by atoms with Crippen LogP contribution in [0.3, 0.4) is 0 Å². The predicted molar refractivity (Wildman–Crippen MR) is 29.8 cm³/mol. The molecule has 2 rings (SSSR count). The van der Waals surface area contributed by atoms with E-state index in [1.807, 2.05) is 18.5 Å². The van der Waals surface area contributed by atoms with Gasteiger partial charge in [0.1, 0.15) is 6.20 Å². The van der Waals surface area contributed by atoms with Crippen molar-refractivity contribution in [1.82, 2.24) is 5.32 Å². The minimum Gasteiger partial charge on any atom is -0.310 e. The zero-order valence-electron chi connectivity index (χ0n) is 4.26. The maximum absolute atomic E-state index is 4.05. The molecule has 0 saturated carbocycles. The molecule has 0 aliphatic carbocycles. The smallest absolute Gasteiger partial charge is 0.237 e. The fourth-order valence-electron chi connectivity index (χ4n) is 0.812. The standard InChI is InChI=1S/C5H5N3/c1-2-7-8-4-3-6-5(1)8/h1-4,6H/p+1. The van der Waals surface area contributed by atoms with Crippen molar-refractivity contribution in [2.45, 2.75) is 0 Å². The van der Waals surface area contributed by atoms with Gasteiger partial charge < -0.3 is 5.32 Å². The molecule has 3 nitrogen and oxygen atoms in total. The van der Waals surface area contributed by atoms with Crippen LogP contribution in [0.2, 0.25) is 0 Å². The second-order valence-electron chi connectivity index (χ2n) is 1.72. The van der Waals surface area contributed by atoms with Gasteiger partial charge in [-0.25, -0.2) is 0 Å².